The van der Waals surface area contributed by atoms with Gasteiger partial charge in [0, 0.05) is 45.5 Å². The van der Waals surface area contributed by atoms with Crippen LogP contribution in [0.15, 0.2) is 36.9 Å². The number of carbonyl (C=O) groups excluding carboxylic acids is 1. The maximum absolute atomic E-state index is 12.8. The second-order valence-electron chi connectivity index (χ2n) is 6.66. The zero-order valence-electron chi connectivity index (χ0n) is 15.8. The summed E-state index contributed by atoms with van der Waals surface area (Å²) in [6.07, 6.45) is 0.928. The van der Waals surface area contributed by atoms with E-state index in [1.54, 1.807) is 31.5 Å². The Morgan fingerprint density at radius 1 is 1.13 bits per heavy atom. The average molecular weight is 432 g/mol. The first-order valence-electron chi connectivity index (χ1n) is 8.82. The normalized spacial score (nSPS) is 12.8. The summed E-state index contributed by atoms with van der Waals surface area (Å²) in [5.41, 5.74) is 2.18. The molecule has 0 aliphatic rings. The highest BCUT2D eigenvalue weighted by Gasteiger charge is 2.34. The fraction of sp³-hybridized carbons (Fsp3) is 0.211. The summed E-state index contributed by atoms with van der Waals surface area (Å²) >= 11 is 1.50. The van der Waals surface area contributed by atoms with E-state index in [1.807, 2.05) is 6.92 Å². The van der Waals surface area contributed by atoms with Crippen molar-refractivity contribution in [3.8, 4) is 10.6 Å². The van der Waals surface area contributed by atoms with Gasteiger partial charge in [0.2, 0.25) is 5.82 Å². The summed E-state index contributed by atoms with van der Waals surface area (Å²) in [6, 6.07) is 2.79. The first-order chi connectivity index (χ1) is 14.2. The molecule has 7 nitrogen and oxygen atoms in total. The number of thiazole rings is 1. The van der Waals surface area contributed by atoms with Crippen molar-refractivity contribution in [3.63, 3.8) is 0 Å². The lowest BCUT2D eigenvalue weighted by Crippen LogP contribution is -2.27. The Morgan fingerprint density at radius 3 is 2.50 bits per heavy atom. The molecular weight excluding hydrogens is 417 g/mol. The summed E-state index contributed by atoms with van der Waals surface area (Å²) < 4.78 is 37.9. The van der Waals surface area contributed by atoms with Crippen LogP contribution in [-0.4, -0.2) is 31.1 Å². The fourth-order valence-corrected chi connectivity index (χ4v) is 3.70. The van der Waals surface area contributed by atoms with Crippen LogP contribution < -0.4 is 5.32 Å². The lowest BCUT2D eigenvalue weighted by atomic mass is 10.1. The number of amides is 1. The minimum Gasteiger partial charge on any atom is -0.345 e. The van der Waals surface area contributed by atoms with Crippen LogP contribution in [0.1, 0.15) is 39.6 Å². The molecule has 0 saturated heterocycles. The summed E-state index contributed by atoms with van der Waals surface area (Å²) in [6.45, 7) is 3.59. The largest absolute Gasteiger partial charge is 0.451 e. The molecule has 4 aromatic rings. The number of aromatic nitrogens is 5. The maximum Gasteiger partial charge on any atom is 0.451 e. The summed E-state index contributed by atoms with van der Waals surface area (Å²) in [5.74, 6) is -1.62. The van der Waals surface area contributed by atoms with E-state index in [0.717, 1.165) is 33.2 Å². The molecule has 3 aromatic heterocycles. The molecule has 0 aliphatic carbocycles. The van der Waals surface area contributed by atoms with Gasteiger partial charge in [-0.3, -0.25) is 9.89 Å². The van der Waals surface area contributed by atoms with Gasteiger partial charge in [-0.2, -0.15) is 18.3 Å². The minimum absolute atomic E-state index is 0.356. The highest BCUT2D eigenvalue weighted by Crippen LogP contribution is 2.32. The van der Waals surface area contributed by atoms with Gasteiger partial charge in [-0.05, 0) is 26.0 Å². The highest BCUT2D eigenvalue weighted by molar-refractivity contribution is 7.15. The average Bonchev–Trinajstić information content (AvgIpc) is 3.35. The van der Waals surface area contributed by atoms with Gasteiger partial charge in [0.1, 0.15) is 5.01 Å². The molecular formula is C19H15F3N6OS. The first kappa shape index (κ1) is 20.0. The molecule has 0 bridgehead atoms. The molecule has 11 heteroatoms. The third-order valence-corrected chi connectivity index (χ3v) is 5.39. The first-order valence-corrected chi connectivity index (χ1v) is 9.64. The number of benzene rings is 1. The monoisotopic (exact) mass is 432 g/mol. The molecule has 3 heterocycles. The number of alkyl halides is 3. The van der Waals surface area contributed by atoms with Gasteiger partial charge in [0.15, 0.2) is 0 Å². The minimum atomic E-state index is -4.62. The number of H-pyrrole nitrogens is 1. The van der Waals surface area contributed by atoms with Crippen molar-refractivity contribution in [2.75, 3.05) is 0 Å². The molecule has 0 spiro atoms. The van der Waals surface area contributed by atoms with E-state index in [4.69, 9.17) is 0 Å². The van der Waals surface area contributed by atoms with Crippen LogP contribution >= 0.6 is 11.3 Å². The van der Waals surface area contributed by atoms with E-state index in [2.05, 4.69) is 30.5 Å². The van der Waals surface area contributed by atoms with Gasteiger partial charge in [-0.25, -0.2) is 15.0 Å². The molecule has 2 N–H and O–H groups in total. The number of halogens is 3. The number of hydrogen-bond acceptors (Lipinski definition) is 6. The summed E-state index contributed by atoms with van der Waals surface area (Å²) in [7, 11) is 0. The number of fused-ring (bicyclic) bond motifs is 1. The Hall–Kier alpha value is -3.34. The van der Waals surface area contributed by atoms with E-state index in [9.17, 15) is 18.0 Å². The predicted octanol–water partition coefficient (Wildman–Crippen LogP) is 4.29. The van der Waals surface area contributed by atoms with Crippen LogP contribution in [0.5, 0.6) is 0 Å². The zero-order chi connectivity index (χ0) is 21.5. The smallest absolute Gasteiger partial charge is 0.345 e. The Balaban J connectivity index is 1.60. The van der Waals surface area contributed by atoms with Crippen molar-refractivity contribution in [3.05, 3.63) is 58.7 Å². The molecule has 1 unspecified atom stereocenters. The van der Waals surface area contributed by atoms with Crippen LogP contribution in [0.4, 0.5) is 13.2 Å². The van der Waals surface area contributed by atoms with Crippen LogP contribution in [0.25, 0.3) is 21.5 Å². The summed E-state index contributed by atoms with van der Waals surface area (Å²) in [5, 5.41) is 11.3. The Morgan fingerprint density at radius 2 is 1.87 bits per heavy atom. The number of nitrogens with zero attached hydrogens (tertiary/aromatic N) is 4. The van der Waals surface area contributed by atoms with E-state index in [-0.39, 0.29) is 0 Å². The number of rotatable bonds is 4. The van der Waals surface area contributed by atoms with Gasteiger partial charge >= 0.3 is 6.18 Å². The van der Waals surface area contributed by atoms with Crippen molar-refractivity contribution in [2.24, 2.45) is 0 Å². The van der Waals surface area contributed by atoms with Gasteiger partial charge in [0.05, 0.1) is 17.8 Å². The van der Waals surface area contributed by atoms with E-state index >= 15 is 0 Å². The maximum atomic E-state index is 12.8. The van der Waals surface area contributed by atoms with Crippen LogP contribution in [0.3, 0.4) is 0 Å². The molecule has 0 aliphatic heterocycles. The number of hydrogen-bond donors (Lipinski definition) is 2. The second-order valence-corrected chi connectivity index (χ2v) is 7.90. The predicted molar refractivity (Wildman–Crippen MR) is 105 cm³/mol. The second kappa shape index (κ2) is 7.48. The van der Waals surface area contributed by atoms with E-state index < -0.39 is 23.9 Å². The van der Waals surface area contributed by atoms with Crippen molar-refractivity contribution in [2.45, 2.75) is 26.1 Å². The van der Waals surface area contributed by atoms with Gasteiger partial charge in [0.25, 0.3) is 5.91 Å². The molecule has 0 radical (unpaired) electrons. The van der Waals surface area contributed by atoms with Crippen LogP contribution in [0, 0.1) is 6.92 Å². The van der Waals surface area contributed by atoms with Crippen molar-refractivity contribution in [1.82, 2.24) is 30.5 Å². The van der Waals surface area contributed by atoms with Crippen molar-refractivity contribution < 1.29 is 18.0 Å². The molecule has 154 valence electrons. The van der Waals surface area contributed by atoms with E-state index in [1.165, 1.54) is 11.3 Å². The van der Waals surface area contributed by atoms with Crippen LogP contribution in [0.2, 0.25) is 0 Å². The highest BCUT2D eigenvalue weighted by atomic mass is 32.1. The molecule has 4 rings (SSSR count). The number of aromatic amines is 1. The molecule has 0 saturated carbocycles. The lowest BCUT2D eigenvalue weighted by Gasteiger charge is -2.15. The molecule has 30 heavy (non-hydrogen) atoms. The molecule has 1 aromatic carbocycles. The number of carbonyl (C=O) groups is 1. The SMILES string of the molecule is Cc1cnc(-c2cc(C(=O)NC(C)c3cnc(C(F)(F)F)nc3)cc3[nH]ncc23)s1. The molecule has 1 amide bonds. The lowest BCUT2D eigenvalue weighted by molar-refractivity contribution is -0.145. The third kappa shape index (κ3) is 3.88. The van der Waals surface area contributed by atoms with Gasteiger partial charge in [-0.15, -0.1) is 11.3 Å². The quantitative estimate of drug-likeness (QED) is 0.501. The Bertz CT molecular complexity index is 1220. The number of aryl methyl sites for hydroxylation is 1. The van der Waals surface area contributed by atoms with Crippen LogP contribution in [-0.2, 0) is 6.18 Å². The Labute approximate surface area is 172 Å². The zero-order valence-corrected chi connectivity index (χ0v) is 16.6. The standard InChI is InChI=1S/C19H15F3N6OS/c1-9-5-23-17(30-9)13-3-11(4-15-14(13)8-26-28-15)16(29)27-10(2)12-6-24-18(25-7-12)19(20,21)22/h3-8,10H,1-2H3,(H,26,28)(H,27,29). The topological polar surface area (TPSA) is 96.5 Å². The summed E-state index contributed by atoms with van der Waals surface area (Å²) in [4.78, 5) is 24.9. The van der Waals surface area contributed by atoms with Crippen molar-refractivity contribution in [1.29, 1.82) is 0 Å². The fourth-order valence-electron chi connectivity index (χ4n) is 2.91. The van der Waals surface area contributed by atoms with Gasteiger partial charge in [-0.1, -0.05) is 0 Å². The Kier molecular flexibility index (Phi) is 4.98. The number of nitrogens with one attached hydrogen (secondary N) is 2. The molecule has 1 atom stereocenters. The third-order valence-electron chi connectivity index (χ3n) is 4.45. The van der Waals surface area contributed by atoms with Gasteiger partial charge < -0.3 is 5.32 Å². The molecule has 0 fully saturated rings. The van der Waals surface area contributed by atoms with E-state index in [0.29, 0.717) is 16.6 Å². The van der Waals surface area contributed by atoms with Crippen molar-refractivity contribution >= 4 is 28.1 Å².